The van der Waals surface area contributed by atoms with Crippen LogP contribution in [0.2, 0.25) is 0 Å². The zero-order chi connectivity index (χ0) is 17.9. The molecule has 0 bridgehead atoms. The Kier molecular flexibility index (Phi) is 5.08. The predicted molar refractivity (Wildman–Crippen MR) is 85.2 cm³/mol. The molecule has 2 heterocycles. The largest absolute Gasteiger partial charge is 0.492 e. The van der Waals surface area contributed by atoms with Gasteiger partial charge in [-0.05, 0) is 31.5 Å². The monoisotopic (exact) mass is 353 g/mol. The number of hydrogen-bond acceptors (Lipinski definition) is 4. The maximum Gasteiger partial charge on any atom is 0.433 e. The molecule has 0 aliphatic carbocycles. The molecule has 8 heteroatoms. The van der Waals surface area contributed by atoms with E-state index in [-0.39, 0.29) is 18.4 Å². The van der Waals surface area contributed by atoms with Crippen molar-refractivity contribution in [3.05, 3.63) is 58.3 Å². The van der Waals surface area contributed by atoms with Crippen LogP contribution in [0.3, 0.4) is 0 Å². The van der Waals surface area contributed by atoms with Crippen LogP contribution in [0.25, 0.3) is 0 Å². The third-order valence-corrected chi connectivity index (χ3v) is 4.12. The molecule has 1 aromatic heterocycles. The van der Waals surface area contributed by atoms with Crippen molar-refractivity contribution in [2.24, 2.45) is 0 Å². The standard InChI is InChI=1S/C17H18F3N3O2/c18-17(19,20)14-9-16(24)22-15(21-14)10-23-8-4-5-12(23)11-25-13-6-2-1-3-7-13/h1-3,6-7,9,12H,4-5,8,10-11H2,(H,21,22,24). The van der Waals surface area contributed by atoms with Gasteiger partial charge in [-0.3, -0.25) is 9.69 Å². The molecule has 1 unspecified atom stereocenters. The molecule has 134 valence electrons. The molecule has 3 rings (SSSR count). The normalized spacial score (nSPS) is 18.4. The highest BCUT2D eigenvalue weighted by atomic mass is 19.4. The first kappa shape index (κ1) is 17.5. The Hall–Kier alpha value is -2.35. The molecule has 1 aromatic carbocycles. The van der Waals surface area contributed by atoms with Crippen LogP contribution >= 0.6 is 0 Å². The second-order valence-electron chi connectivity index (χ2n) is 5.97. The molecule has 1 aliphatic heterocycles. The summed E-state index contributed by atoms with van der Waals surface area (Å²) in [5.74, 6) is 0.770. The van der Waals surface area contributed by atoms with E-state index in [0.29, 0.717) is 12.7 Å². The Balaban J connectivity index is 1.67. The second-order valence-corrected chi connectivity index (χ2v) is 5.97. The van der Waals surface area contributed by atoms with Crippen molar-refractivity contribution in [2.45, 2.75) is 31.6 Å². The maximum absolute atomic E-state index is 12.8. The third-order valence-electron chi connectivity index (χ3n) is 4.12. The number of likely N-dealkylation sites (tertiary alicyclic amines) is 1. The summed E-state index contributed by atoms with van der Waals surface area (Å²) in [6.07, 6.45) is -2.83. The summed E-state index contributed by atoms with van der Waals surface area (Å²) in [6, 6.07) is 9.89. The molecule has 1 aliphatic rings. The molecule has 25 heavy (non-hydrogen) atoms. The first-order chi connectivity index (χ1) is 11.9. The van der Waals surface area contributed by atoms with Gasteiger partial charge < -0.3 is 9.72 Å². The van der Waals surface area contributed by atoms with E-state index in [0.717, 1.165) is 25.1 Å². The van der Waals surface area contributed by atoms with Crippen LogP contribution in [0.5, 0.6) is 5.75 Å². The van der Waals surface area contributed by atoms with E-state index in [9.17, 15) is 18.0 Å². The summed E-state index contributed by atoms with van der Waals surface area (Å²) in [6.45, 7) is 1.32. The fraction of sp³-hybridized carbons (Fsp3) is 0.412. The Morgan fingerprint density at radius 1 is 1.28 bits per heavy atom. The lowest BCUT2D eigenvalue weighted by atomic mass is 10.2. The number of ether oxygens (including phenoxy) is 1. The summed E-state index contributed by atoms with van der Waals surface area (Å²) < 4.78 is 44.1. The van der Waals surface area contributed by atoms with E-state index in [2.05, 4.69) is 9.97 Å². The topological polar surface area (TPSA) is 58.2 Å². The number of H-pyrrole nitrogens is 1. The van der Waals surface area contributed by atoms with E-state index < -0.39 is 17.4 Å². The fourth-order valence-electron chi connectivity index (χ4n) is 2.92. The van der Waals surface area contributed by atoms with Gasteiger partial charge >= 0.3 is 6.18 Å². The van der Waals surface area contributed by atoms with E-state index in [1.807, 2.05) is 35.2 Å². The number of aromatic amines is 1. The number of benzene rings is 1. The Labute approximate surface area is 142 Å². The highest BCUT2D eigenvalue weighted by Gasteiger charge is 2.34. The van der Waals surface area contributed by atoms with Crippen LogP contribution in [-0.2, 0) is 12.7 Å². The summed E-state index contributed by atoms with van der Waals surface area (Å²) in [5.41, 5.74) is -1.96. The second kappa shape index (κ2) is 7.26. The lowest BCUT2D eigenvalue weighted by Gasteiger charge is -2.24. The summed E-state index contributed by atoms with van der Waals surface area (Å²) in [5, 5.41) is 0. The van der Waals surface area contributed by atoms with Gasteiger partial charge in [-0.2, -0.15) is 13.2 Å². The summed E-state index contributed by atoms with van der Waals surface area (Å²) in [7, 11) is 0. The molecule has 1 saturated heterocycles. The van der Waals surface area contributed by atoms with Gasteiger partial charge in [0.15, 0.2) is 5.69 Å². The van der Waals surface area contributed by atoms with Crippen LogP contribution in [0.15, 0.2) is 41.2 Å². The number of halogens is 3. The molecular formula is C17H18F3N3O2. The van der Waals surface area contributed by atoms with Gasteiger partial charge in [0.2, 0.25) is 0 Å². The molecule has 2 aromatic rings. The highest BCUT2D eigenvalue weighted by Crippen LogP contribution is 2.27. The van der Waals surface area contributed by atoms with Gasteiger partial charge in [-0.15, -0.1) is 0 Å². The Morgan fingerprint density at radius 2 is 2.04 bits per heavy atom. The van der Waals surface area contributed by atoms with Gasteiger partial charge in [-0.1, -0.05) is 18.2 Å². The maximum atomic E-state index is 12.8. The van der Waals surface area contributed by atoms with E-state index in [4.69, 9.17) is 4.74 Å². The van der Waals surface area contributed by atoms with Crippen LogP contribution < -0.4 is 10.3 Å². The molecule has 0 radical (unpaired) electrons. The van der Waals surface area contributed by atoms with Crippen molar-refractivity contribution >= 4 is 0 Å². The third kappa shape index (κ3) is 4.60. The summed E-state index contributed by atoms with van der Waals surface area (Å²) in [4.78, 5) is 19.4. The van der Waals surface area contributed by atoms with Crippen molar-refractivity contribution in [1.29, 1.82) is 0 Å². The quantitative estimate of drug-likeness (QED) is 0.898. The number of nitrogens with zero attached hydrogens (tertiary/aromatic N) is 2. The van der Waals surface area contributed by atoms with Crippen molar-refractivity contribution < 1.29 is 17.9 Å². The molecule has 1 N–H and O–H groups in total. The predicted octanol–water partition coefficient (Wildman–Crippen LogP) is 2.83. The van der Waals surface area contributed by atoms with Crippen molar-refractivity contribution in [3.63, 3.8) is 0 Å². The molecule has 0 saturated carbocycles. The zero-order valence-corrected chi connectivity index (χ0v) is 13.4. The smallest absolute Gasteiger partial charge is 0.433 e. The van der Waals surface area contributed by atoms with Crippen molar-refractivity contribution in [1.82, 2.24) is 14.9 Å². The van der Waals surface area contributed by atoms with Crippen LogP contribution in [0.4, 0.5) is 13.2 Å². The first-order valence-electron chi connectivity index (χ1n) is 8.01. The Morgan fingerprint density at radius 3 is 2.76 bits per heavy atom. The average molecular weight is 353 g/mol. The first-order valence-corrected chi connectivity index (χ1v) is 8.01. The van der Waals surface area contributed by atoms with Crippen molar-refractivity contribution in [3.8, 4) is 5.75 Å². The number of aromatic nitrogens is 2. The number of nitrogens with one attached hydrogen (secondary N) is 1. The van der Waals surface area contributed by atoms with E-state index >= 15 is 0 Å². The molecule has 1 fully saturated rings. The molecule has 0 amide bonds. The molecule has 1 atom stereocenters. The van der Waals surface area contributed by atoms with Gasteiger partial charge in [0, 0.05) is 12.1 Å². The highest BCUT2D eigenvalue weighted by molar-refractivity contribution is 5.21. The van der Waals surface area contributed by atoms with Gasteiger partial charge in [0.1, 0.15) is 18.2 Å². The lowest BCUT2D eigenvalue weighted by Crippen LogP contribution is -2.35. The minimum atomic E-state index is -4.64. The Bertz CT molecular complexity index is 762. The zero-order valence-electron chi connectivity index (χ0n) is 13.4. The summed E-state index contributed by atoms with van der Waals surface area (Å²) >= 11 is 0. The van der Waals surface area contributed by atoms with E-state index in [1.165, 1.54) is 0 Å². The average Bonchev–Trinajstić information content (AvgIpc) is 2.99. The number of alkyl halides is 3. The van der Waals surface area contributed by atoms with Crippen LogP contribution in [-0.4, -0.2) is 34.1 Å². The van der Waals surface area contributed by atoms with E-state index in [1.54, 1.807) is 0 Å². The number of para-hydroxylation sites is 1. The SMILES string of the molecule is O=c1cc(C(F)(F)F)nc(CN2CCCC2COc2ccccc2)[nH]1. The minimum Gasteiger partial charge on any atom is -0.492 e. The molecular weight excluding hydrogens is 335 g/mol. The minimum absolute atomic E-state index is 0.0198. The number of hydrogen-bond donors (Lipinski definition) is 1. The number of rotatable bonds is 5. The van der Waals surface area contributed by atoms with Crippen LogP contribution in [0.1, 0.15) is 24.4 Å². The molecule has 0 spiro atoms. The van der Waals surface area contributed by atoms with Gasteiger partial charge in [0.05, 0.1) is 6.54 Å². The van der Waals surface area contributed by atoms with Crippen LogP contribution in [0, 0.1) is 0 Å². The van der Waals surface area contributed by atoms with Gasteiger partial charge in [0.25, 0.3) is 5.56 Å². The van der Waals surface area contributed by atoms with Gasteiger partial charge in [-0.25, -0.2) is 4.98 Å². The fourth-order valence-corrected chi connectivity index (χ4v) is 2.92. The lowest BCUT2D eigenvalue weighted by molar-refractivity contribution is -0.141. The molecule has 5 nitrogen and oxygen atoms in total. The van der Waals surface area contributed by atoms with Crippen molar-refractivity contribution in [2.75, 3.05) is 13.2 Å².